The van der Waals surface area contributed by atoms with Gasteiger partial charge in [-0.3, -0.25) is 4.98 Å². The van der Waals surface area contributed by atoms with E-state index in [-0.39, 0.29) is 5.69 Å². The zero-order valence-electron chi connectivity index (χ0n) is 7.52. The minimum atomic E-state index is -1.25. The van der Waals surface area contributed by atoms with E-state index in [0.29, 0.717) is 11.1 Å². The summed E-state index contributed by atoms with van der Waals surface area (Å²) in [5, 5.41) is 11.5. The molecule has 2 heterocycles. The first-order chi connectivity index (χ1) is 6.68. The Labute approximate surface area is 80.2 Å². The summed E-state index contributed by atoms with van der Waals surface area (Å²) in [5.41, 5.74) is 1.19. The average molecular weight is 187 g/mol. The minimum absolute atomic E-state index is 0.0105. The van der Waals surface area contributed by atoms with Crippen molar-refractivity contribution in [3.63, 3.8) is 0 Å². The molecule has 0 spiro atoms. The highest BCUT2D eigenvalue weighted by Gasteiger charge is 2.03. The van der Waals surface area contributed by atoms with Gasteiger partial charge in [0, 0.05) is 17.8 Å². The Bertz CT molecular complexity index is 508. The van der Waals surface area contributed by atoms with Gasteiger partial charge in [0.05, 0.1) is 17.2 Å². The number of fused-ring (bicyclic) bond motifs is 1. The van der Waals surface area contributed by atoms with Gasteiger partial charge in [-0.2, -0.15) is 0 Å². The van der Waals surface area contributed by atoms with E-state index in [4.69, 9.17) is 0 Å². The fourth-order valence-corrected chi connectivity index (χ4v) is 1.33. The van der Waals surface area contributed by atoms with Gasteiger partial charge in [0.25, 0.3) is 0 Å². The molecule has 0 aliphatic rings. The molecular weight excluding hydrogens is 180 g/mol. The molecule has 4 nitrogen and oxygen atoms in total. The van der Waals surface area contributed by atoms with Crippen LogP contribution in [-0.2, 0) is 0 Å². The molecule has 0 amide bonds. The largest absolute Gasteiger partial charge is 0.543 e. The zero-order chi connectivity index (χ0) is 10.1. The molecule has 0 atom stereocenters. The van der Waals surface area contributed by atoms with Gasteiger partial charge >= 0.3 is 0 Å². The molecule has 0 aliphatic carbocycles. The van der Waals surface area contributed by atoms with Crippen LogP contribution < -0.4 is 5.11 Å². The number of aromatic nitrogens is 2. The molecule has 2 aromatic rings. The Morgan fingerprint density at radius 2 is 2.29 bits per heavy atom. The number of aromatic carboxylic acids is 1. The summed E-state index contributed by atoms with van der Waals surface area (Å²) in [7, 11) is 0. The van der Waals surface area contributed by atoms with Crippen molar-refractivity contribution < 1.29 is 9.90 Å². The summed E-state index contributed by atoms with van der Waals surface area (Å²) in [6.45, 7) is 1.69. The van der Waals surface area contributed by atoms with Crippen LogP contribution in [0.25, 0.3) is 10.9 Å². The third-order valence-corrected chi connectivity index (χ3v) is 2.00. The van der Waals surface area contributed by atoms with Gasteiger partial charge in [-0.05, 0) is 24.6 Å². The van der Waals surface area contributed by atoms with Gasteiger partial charge < -0.3 is 9.90 Å². The topological polar surface area (TPSA) is 65.9 Å². The highest BCUT2D eigenvalue weighted by atomic mass is 16.4. The van der Waals surface area contributed by atoms with Crippen molar-refractivity contribution in [1.29, 1.82) is 0 Å². The maximum Gasteiger partial charge on any atom is 0.0902 e. The van der Waals surface area contributed by atoms with Gasteiger partial charge in [0.2, 0.25) is 0 Å². The van der Waals surface area contributed by atoms with E-state index >= 15 is 0 Å². The maximum absolute atomic E-state index is 10.7. The van der Waals surface area contributed by atoms with Crippen molar-refractivity contribution in [2.75, 3.05) is 0 Å². The number of rotatable bonds is 1. The number of carbonyl (C=O) groups excluding carboxylic acids is 1. The van der Waals surface area contributed by atoms with Crippen molar-refractivity contribution in [2.24, 2.45) is 0 Å². The van der Waals surface area contributed by atoms with Crippen molar-refractivity contribution in [3.8, 4) is 0 Å². The average Bonchev–Trinajstić information content (AvgIpc) is 2.16. The number of carbonyl (C=O) groups is 1. The smallest absolute Gasteiger partial charge is 0.0902 e. The van der Waals surface area contributed by atoms with Crippen molar-refractivity contribution >= 4 is 16.9 Å². The standard InChI is InChI=1S/C10H8N2O2/c1-6-4-7-5-11-3-2-8(7)12-9(6)10(13)14/h2-5H,1H3,(H,13,14)/p-1. The van der Waals surface area contributed by atoms with E-state index in [1.807, 2.05) is 0 Å². The van der Waals surface area contributed by atoms with Crippen LogP contribution in [0.15, 0.2) is 24.5 Å². The number of hydrogen-bond acceptors (Lipinski definition) is 4. The van der Waals surface area contributed by atoms with Crippen LogP contribution in [-0.4, -0.2) is 15.9 Å². The highest BCUT2D eigenvalue weighted by Crippen LogP contribution is 2.14. The quantitative estimate of drug-likeness (QED) is 0.644. The molecule has 0 aliphatic heterocycles. The predicted octanol–water partition coefficient (Wildman–Crippen LogP) is 0.302. The van der Waals surface area contributed by atoms with Crippen LogP contribution in [0, 0.1) is 6.92 Å². The molecule has 0 N–H and O–H groups in total. The number of nitrogens with zero attached hydrogens (tertiary/aromatic N) is 2. The summed E-state index contributed by atoms with van der Waals surface area (Å²) in [4.78, 5) is 18.6. The lowest BCUT2D eigenvalue weighted by molar-refractivity contribution is -0.255. The second-order valence-electron chi connectivity index (χ2n) is 3.01. The van der Waals surface area contributed by atoms with Gasteiger partial charge in [-0.1, -0.05) is 0 Å². The molecular formula is C10H7N2O2-. The van der Waals surface area contributed by atoms with Gasteiger partial charge in [0.1, 0.15) is 0 Å². The number of carboxylic acids is 1. The SMILES string of the molecule is Cc1cc2cnccc2nc1C(=O)[O-]. The maximum atomic E-state index is 10.7. The predicted molar refractivity (Wildman–Crippen MR) is 48.6 cm³/mol. The van der Waals surface area contributed by atoms with E-state index < -0.39 is 5.97 Å². The van der Waals surface area contributed by atoms with Crippen molar-refractivity contribution in [3.05, 3.63) is 35.8 Å². The third kappa shape index (κ3) is 1.31. The summed E-state index contributed by atoms with van der Waals surface area (Å²) >= 11 is 0. The minimum Gasteiger partial charge on any atom is -0.543 e. The summed E-state index contributed by atoms with van der Waals surface area (Å²) < 4.78 is 0. The third-order valence-electron chi connectivity index (χ3n) is 2.00. The Morgan fingerprint density at radius 3 is 3.00 bits per heavy atom. The molecule has 70 valence electrons. The lowest BCUT2D eigenvalue weighted by Crippen LogP contribution is -2.24. The van der Waals surface area contributed by atoms with E-state index in [0.717, 1.165) is 5.39 Å². The van der Waals surface area contributed by atoms with E-state index in [1.54, 1.807) is 31.5 Å². The van der Waals surface area contributed by atoms with E-state index in [1.165, 1.54) is 0 Å². The number of pyridine rings is 2. The Balaban J connectivity index is 2.77. The molecule has 0 saturated heterocycles. The van der Waals surface area contributed by atoms with Crippen molar-refractivity contribution in [2.45, 2.75) is 6.92 Å². The molecule has 0 aromatic carbocycles. The normalized spacial score (nSPS) is 10.4. The van der Waals surface area contributed by atoms with Crippen LogP contribution >= 0.6 is 0 Å². The van der Waals surface area contributed by atoms with Gasteiger partial charge in [-0.25, -0.2) is 4.98 Å². The van der Waals surface area contributed by atoms with Crippen LogP contribution in [0.1, 0.15) is 16.1 Å². The fourth-order valence-electron chi connectivity index (χ4n) is 1.33. The molecule has 4 heteroatoms. The molecule has 0 radical (unpaired) electrons. The monoisotopic (exact) mass is 187 g/mol. The summed E-state index contributed by atoms with van der Waals surface area (Å²) in [6, 6.07) is 3.40. The van der Waals surface area contributed by atoms with Crippen LogP contribution in [0.2, 0.25) is 0 Å². The van der Waals surface area contributed by atoms with Crippen LogP contribution in [0.3, 0.4) is 0 Å². The summed E-state index contributed by atoms with van der Waals surface area (Å²) in [6.07, 6.45) is 3.22. The Kier molecular flexibility index (Phi) is 1.89. The van der Waals surface area contributed by atoms with E-state index in [2.05, 4.69) is 9.97 Å². The number of hydrogen-bond donors (Lipinski definition) is 0. The molecule has 0 saturated carbocycles. The zero-order valence-corrected chi connectivity index (χ0v) is 7.52. The Morgan fingerprint density at radius 1 is 1.50 bits per heavy atom. The number of aryl methyl sites for hydroxylation is 1. The second kappa shape index (κ2) is 3.06. The first-order valence-corrected chi connectivity index (χ1v) is 4.11. The highest BCUT2D eigenvalue weighted by molar-refractivity contribution is 5.90. The summed E-state index contributed by atoms with van der Waals surface area (Å²) in [5.74, 6) is -1.25. The molecule has 0 bridgehead atoms. The van der Waals surface area contributed by atoms with E-state index in [9.17, 15) is 9.90 Å². The molecule has 2 aromatic heterocycles. The van der Waals surface area contributed by atoms with Gasteiger partial charge in [-0.15, -0.1) is 0 Å². The first kappa shape index (κ1) is 8.62. The van der Waals surface area contributed by atoms with Crippen LogP contribution in [0.4, 0.5) is 0 Å². The second-order valence-corrected chi connectivity index (χ2v) is 3.01. The molecule has 14 heavy (non-hydrogen) atoms. The van der Waals surface area contributed by atoms with Crippen molar-refractivity contribution in [1.82, 2.24) is 9.97 Å². The lowest BCUT2D eigenvalue weighted by Gasteiger charge is -2.06. The lowest BCUT2D eigenvalue weighted by atomic mass is 10.1. The Hall–Kier alpha value is -1.97. The number of carboxylic acid groups (broad SMARTS) is 1. The van der Waals surface area contributed by atoms with Gasteiger partial charge in [0.15, 0.2) is 0 Å². The molecule has 2 rings (SSSR count). The molecule has 0 unspecified atom stereocenters. The molecule has 0 fully saturated rings. The fraction of sp³-hybridized carbons (Fsp3) is 0.100. The first-order valence-electron chi connectivity index (χ1n) is 4.11. The van der Waals surface area contributed by atoms with Crippen LogP contribution in [0.5, 0.6) is 0 Å².